The van der Waals surface area contributed by atoms with Gasteiger partial charge in [0, 0.05) is 6.04 Å². The number of carbonyl (C=O) groups is 1. The lowest BCUT2D eigenvalue weighted by Gasteiger charge is -2.31. The van der Waals surface area contributed by atoms with Crippen LogP contribution >= 0.6 is 0 Å². The standard InChI is InChI=1S/C12H18F3NO3S/c13-12(14,15)8-16(10-3-1-2-4-10)11(17)9-5-6-20(18,19)7-9/h9-10H,1-8H2. The maximum Gasteiger partial charge on any atom is 0.406 e. The van der Waals surface area contributed by atoms with E-state index < -0.39 is 40.4 Å². The SMILES string of the molecule is O=C(C1CCS(=O)(=O)C1)N(CC(F)(F)F)C1CCCC1. The predicted octanol–water partition coefficient (Wildman–Crippen LogP) is 1.75. The van der Waals surface area contributed by atoms with Gasteiger partial charge >= 0.3 is 6.18 Å². The summed E-state index contributed by atoms with van der Waals surface area (Å²) in [6, 6.07) is -0.396. The third-order valence-corrected chi connectivity index (χ3v) is 5.75. The number of amides is 1. The van der Waals surface area contributed by atoms with Crippen LogP contribution in [0.25, 0.3) is 0 Å². The van der Waals surface area contributed by atoms with Gasteiger partial charge in [0.2, 0.25) is 5.91 Å². The maximum atomic E-state index is 12.6. The third kappa shape index (κ3) is 3.86. The van der Waals surface area contributed by atoms with Gasteiger partial charge in [-0.15, -0.1) is 0 Å². The Labute approximate surface area is 116 Å². The molecule has 20 heavy (non-hydrogen) atoms. The van der Waals surface area contributed by atoms with Gasteiger partial charge in [-0.3, -0.25) is 4.79 Å². The molecular weight excluding hydrogens is 295 g/mol. The van der Waals surface area contributed by atoms with Crippen molar-refractivity contribution in [1.29, 1.82) is 0 Å². The number of sulfone groups is 1. The van der Waals surface area contributed by atoms with E-state index in [1.54, 1.807) is 0 Å². The van der Waals surface area contributed by atoms with Gasteiger partial charge in [-0.1, -0.05) is 12.8 Å². The number of halogens is 3. The van der Waals surface area contributed by atoms with Crippen LogP contribution in [0, 0.1) is 5.92 Å². The molecule has 1 saturated carbocycles. The highest BCUT2D eigenvalue weighted by Crippen LogP contribution is 2.30. The fraction of sp³-hybridized carbons (Fsp3) is 0.917. The maximum absolute atomic E-state index is 12.6. The Bertz CT molecular complexity index is 469. The summed E-state index contributed by atoms with van der Waals surface area (Å²) in [6.07, 6.45) is -1.54. The molecule has 0 N–H and O–H groups in total. The lowest BCUT2D eigenvalue weighted by atomic mass is 10.1. The van der Waals surface area contributed by atoms with Crippen molar-refractivity contribution in [1.82, 2.24) is 4.90 Å². The summed E-state index contributed by atoms with van der Waals surface area (Å²) >= 11 is 0. The molecule has 1 saturated heterocycles. The summed E-state index contributed by atoms with van der Waals surface area (Å²) in [4.78, 5) is 13.1. The molecule has 0 radical (unpaired) electrons. The van der Waals surface area contributed by atoms with Crippen LogP contribution < -0.4 is 0 Å². The summed E-state index contributed by atoms with van der Waals surface area (Å²) in [7, 11) is -3.27. The predicted molar refractivity (Wildman–Crippen MR) is 66.8 cm³/mol. The Morgan fingerprint density at radius 2 is 1.75 bits per heavy atom. The Hall–Kier alpha value is -0.790. The molecular formula is C12H18F3NO3S. The average molecular weight is 313 g/mol. The molecule has 116 valence electrons. The van der Waals surface area contributed by atoms with Crippen LogP contribution in [0.2, 0.25) is 0 Å². The largest absolute Gasteiger partial charge is 0.406 e. The van der Waals surface area contributed by atoms with Gasteiger partial charge in [0.15, 0.2) is 9.84 Å². The smallest absolute Gasteiger partial charge is 0.330 e. The summed E-state index contributed by atoms with van der Waals surface area (Å²) in [5.74, 6) is -1.86. The molecule has 0 bridgehead atoms. The van der Waals surface area contributed by atoms with Crippen molar-refractivity contribution in [3.63, 3.8) is 0 Å². The fourth-order valence-electron chi connectivity index (χ4n) is 3.02. The molecule has 0 spiro atoms. The van der Waals surface area contributed by atoms with Crippen LogP contribution in [-0.2, 0) is 14.6 Å². The second-order valence-electron chi connectivity index (χ2n) is 5.62. The highest BCUT2D eigenvalue weighted by molar-refractivity contribution is 7.91. The van der Waals surface area contributed by atoms with Crippen molar-refractivity contribution < 1.29 is 26.4 Å². The molecule has 0 aromatic rings. The van der Waals surface area contributed by atoms with Crippen molar-refractivity contribution in [2.75, 3.05) is 18.1 Å². The van der Waals surface area contributed by atoms with Crippen LogP contribution in [-0.4, -0.2) is 49.5 Å². The van der Waals surface area contributed by atoms with E-state index in [0.29, 0.717) is 12.8 Å². The molecule has 1 aliphatic carbocycles. The van der Waals surface area contributed by atoms with Gasteiger partial charge in [0.05, 0.1) is 17.4 Å². The van der Waals surface area contributed by atoms with Gasteiger partial charge < -0.3 is 4.90 Å². The van der Waals surface area contributed by atoms with Gasteiger partial charge in [0.25, 0.3) is 0 Å². The Kier molecular flexibility index (Phi) is 4.32. The zero-order chi connectivity index (χ0) is 15.0. The van der Waals surface area contributed by atoms with E-state index in [0.717, 1.165) is 17.7 Å². The topological polar surface area (TPSA) is 54.5 Å². The number of rotatable bonds is 3. The molecule has 2 rings (SSSR count). The summed E-state index contributed by atoms with van der Waals surface area (Å²) in [5.41, 5.74) is 0. The first-order valence-electron chi connectivity index (χ1n) is 6.76. The Balaban J connectivity index is 2.11. The molecule has 1 heterocycles. The Morgan fingerprint density at radius 1 is 1.15 bits per heavy atom. The van der Waals surface area contributed by atoms with Crippen molar-refractivity contribution >= 4 is 15.7 Å². The monoisotopic (exact) mass is 313 g/mol. The van der Waals surface area contributed by atoms with E-state index in [2.05, 4.69) is 0 Å². The van der Waals surface area contributed by atoms with Crippen molar-refractivity contribution in [2.45, 2.75) is 44.3 Å². The molecule has 0 aromatic heterocycles. The van der Waals surface area contributed by atoms with E-state index in [-0.39, 0.29) is 17.9 Å². The molecule has 4 nitrogen and oxygen atoms in total. The minimum absolute atomic E-state index is 0.103. The van der Waals surface area contributed by atoms with E-state index in [1.165, 1.54) is 0 Å². The summed E-state index contributed by atoms with van der Waals surface area (Å²) < 4.78 is 60.7. The molecule has 1 aliphatic heterocycles. The average Bonchev–Trinajstić information content (AvgIpc) is 2.93. The Morgan fingerprint density at radius 3 is 2.20 bits per heavy atom. The lowest BCUT2D eigenvalue weighted by molar-refractivity contribution is -0.167. The van der Waals surface area contributed by atoms with E-state index >= 15 is 0 Å². The molecule has 1 atom stereocenters. The first kappa shape index (κ1) is 15.6. The van der Waals surface area contributed by atoms with Crippen LogP contribution in [0.3, 0.4) is 0 Å². The van der Waals surface area contributed by atoms with Crippen molar-refractivity contribution in [2.24, 2.45) is 5.92 Å². The highest BCUT2D eigenvalue weighted by Gasteiger charge is 2.42. The zero-order valence-electron chi connectivity index (χ0n) is 11.0. The van der Waals surface area contributed by atoms with Crippen LogP contribution in [0.1, 0.15) is 32.1 Å². The van der Waals surface area contributed by atoms with Crippen LogP contribution in [0.5, 0.6) is 0 Å². The quantitative estimate of drug-likeness (QED) is 0.798. The summed E-state index contributed by atoms with van der Waals surface area (Å²) in [5, 5.41) is 0. The minimum atomic E-state index is -4.45. The van der Waals surface area contributed by atoms with E-state index in [1.807, 2.05) is 0 Å². The third-order valence-electron chi connectivity index (χ3n) is 3.98. The minimum Gasteiger partial charge on any atom is -0.330 e. The lowest BCUT2D eigenvalue weighted by Crippen LogP contribution is -2.47. The first-order valence-corrected chi connectivity index (χ1v) is 8.58. The van der Waals surface area contributed by atoms with Crippen molar-refractivity contribution in [3.05, 3.63) is 0 Å². The fourth-order valence-corrected chi connectivity index (χ4v) is 4.75. The molecule has 0 aromatic carbocycles. The second kappa shape index (κ2) is 5.54. The molecule has 8 heteroatoms. The van der Waals surface area contributed by atoms with Gasteiger partial charge in [-0.2, -0.15) is 13.2 Å². The number of carbonyl (C=O) groups excluding carboxylic acids is 1. The normalized spacial score (nSPS) is 26.9. The number of hydrogen-bond donors (Lipinski definition) is 0. The highest BCUT2D eigenvalue weighted by atomic mass is 32.2. The van der Waals surface area contributed by atoms with Crippen LogP contribution in [0.4, 0.5) is 13.2 Å². The molecule has 2 aliphatic rings. The summed E-state index contributed by atoms with van der Waals surface area (Å²) in [6.45, 7) is -1.27. The zero-order valence-corrected chi connectivity index (χ0v) is 11.8. The molecule has 1 amide bonds. The second-order valence-corrected chi connectivity index (χ2v) is 7.85. The van der Waals surface area contributed by atoms with Gasteiger partial charge in [-0.25, -0.2) is 8.42 Å². The van der Waals surface area contributed by atoms with Gasteiger partial charge in [-0.05, 0) is 19.3 Å². The first-order chi connectivity index (χ1) is 9.18. The number of hydrogen-bond acceptors (Lipinski definition) is 3. The van der Waals surface area contributed by atoms with E-state index in [9.17, 15) is 26.4 Å². The van der Waals surface area contributed by atoms with E-state index in [4.69, 9.17) is 0 Å². The van der Waals surface area contributed by atoms with Crippen LogP contribution in [0.15, 0.2) is 0 Å². The molecule has 1 unspecified atom stereocenters. The van der Waals surface area contributed by atoms with Crippen molar-refractivity contribution in [3.8, 4) is 0 Å². The van der Waals surface area contributed by atoms with Gasteiger partial charge in [0.1, 0.15) is 6.54 Å². The number of nitrogens with zero attached hydrogens (tertiary/aromatic N) is 1. The number of alkyl halides is 3. The molecule has 2 fully saturated rings.